The molecule has 0 amide bonds. The average Bonchev–Trinajstić information content (AvgIpc) is 2.82. The number of ketones is 1. The van der Waals surface area contributed by atoms with Gasteiger partial charge in [0.2, 0.25) is 0 Å². The van der Waals surface area contributed by atoms with Crippen molar-refractivity contribution in [2.24, 2.45) is 0 Å². The summed E-state index contributed by atoms with van der Waals surface area (Å²) in [6.07, 6.45) is 3.09. The van der Waals surface area contributed by atoms with Crippen molar-refractivity contribution in [2.45, 2.75) is 0 Å². The van der Waals surface area contributed by atoms with Crippen LogP contribution in [0.5, 0.6) is 23.0 Å². The number of hydrogen-bond acceptors (Lipinski definition) is 6. The molecular formula is C25H22O6. The van der Waals surface area contributed by atoms with Crippen LogP contribution in [0.4, 0.5) is 0 Å². The van der Waals surface area contributed by atoms with Gasteiger partial charge < -0.3 is 18.9 Å². The Morgan fingerprint density at radius 3 is 2.19 bits per heavy atom. The minimum atomic E-state index is -0.501. The van der Waals surface area contributed by atoms with Crippen molar-refractivity contribution in [3.63, 3.8) is 0 Å². The lowest BCUT2D eigenvalue weighted by Crippen LogP contribution is -2.08. The van der Waals surface area contributed by atoms with E-state index in [4.69, 9.17) is 18.9 Å². The smallest absolute Gasteiger partial charge is 0.343 e. The predicted octanol–water partition coefficient (Wildman–Crippen LogP) is 4.83. The number of carbonyl (C=O) groups is 2. The molecule has 31 heavy (non-hydrogen) atoms. The standard InChI is InChI=1S/C25H22O6/c1-28-19-8-5-7-18(15-19)25(27)31-21-9-4-6-17(14-21)10-13-23(26)22-12-11-20(29-2)16-24(22)30-3/h4-16H,1-3H3/b13-10+. The number of ether oxygens (including phenoxy) is 4. The summed E-state index contributed by atoms with van der Waals surface area (Å²) >= 11 is 0. The normalized spacial score (nSPS) is 10.5. The molecule has 6 heteroatoms. The maximum absolute atomic E-state index is 12.6. The molecule has 0 aliphatic rings. The second-order valence-corrected chi connectivity index (χ2v) is 6.46. The van der Waals surface area contributed by atoms with Crippen LogP contribution in [0.15, 0.2) is 72.8 Å². The highest BCUT2D eigenvalue weighted by Crippen LogP contribution is 2.25. The number of hydrogen-bond donors (Lipinski definition) is 0. The highest BCUT2D eigenvalue weighted by Gasteiger charge is 2.12. The first kappa shape index (κ1) is 21.6. The van der Waals surface area contributed by atoms with E-state index in [0.29, 0.717) is 39.7 Å². The fourth-order valence-corrected chi connectivity index (χ4v) is 2.86. The molecule has 0 spiro atoms. The first-order valence-electron chi connectivity index (χ1n) is 9.45. The van der Waals surface area contributed by atoms with Crippen molar-refractivity contribution in [2.75, 3.05) is 21.3 Å². The first-order chi connectivity index (χ1) is 15.0. The maximum Gasteiger partial charge on any atom is 0.343 e. The van der Waals surface area contributed by atoms with Crippen LogP contribution >= 0.6 is 0 Å². The number of allylic oxidation sites excluding steroid dienone is 1. The first-order valence-corrected chi connectivity index (χ1v) is 9.45. The summed E-state index contributed by atoms with van der Waals surface area (Å²) in [6.45, 7) is 0. The zero-order valence-electron chi connectivity index (χ0n) is 17.5. The maximum atomic E-state index is 12.6. The topological polar surface area (TPSA) is 71.1 Å². The van der Waals surface area contributed by atoms with Crippen LogP contribution in [0.25, 0.3) is 6.08 Å². The number of benzene rings is 3. The Balaban J connectivity index is 1.73. The number of esters is 1. The highest BCUT2D eigenvalue weighted by atomic mass is 16.5. The molecule has 3 aromatic carbocycles. The summed E-state index contributed by atoms with van der Waals surface area (Å²) in [5.41, 5.74) is 1.50. The SMILES string of the molecule is COc1cccc(C(=O)Oc2cccc(/C=C/C(=O)c3ccc(OC)cc3OC)c2)c1. The van der Waals surface area contributed by atoms with E-state index in [1.165, 1.54) is 20.3 Å². The second-order valence-electron chi connectivity index (χ2n) is 6.46. The van der Waals surface area contributed by atoms with E-state index in [0.717, 1.165) is 0 Å². The van der Waals surface area contributed by atoms with Gasteiger partial charge in [0.05, 0.1) is 32.5 Å². The highest BCUT2D eigenvalue weighted by molar-refractivity contribution is 6.08. The molecule has 0 N–H and O–H groups in total. The molecule has 0 aromatic heterocycles. The molecule has 6 nitrogen and oxygen atoms in total. The monoisotopic (exact) mass is 418 g/mol. The number of rotatable bonds is 8. The minimum Gasteiger partial charge on any atom is -0.497 e. The van der Waals surface area contributed by atoms with E-state index in [1.54, 1.807) is 79.9 Å². The van der Waals surface area contributed by atoms with E-state index in [2.05, 4.69) is 0 Å². The van der Waals surface area contributed by atoms with Crippen LogP contribution in [0.3, 0.4) is 0 Å². The molecule has 0 aliphatic heterocycles. The molecule has 158 valence electrons. The third-order valence-corrected chi connectivity index (χ3v) is 4.48. The van der Waals surface area contributed by atoms with Gasteiger partial charge in [-0.3, -0.25) is 4.79 Å². The van der Waals surface area contributed by atoms with Crippen molar-refractivity contribution in [3.05, 3.63) is 89.5 Å². The quantitative estimate of drug-likeness (QED) is 0.226. The van der Waals surface area contributed by atoms with Crippen molar-refractivity contribution in [1.82, 2.24) is 0 Å². The summed E-state index contributed by atoms with van der Waals surface area (Å²) in [6, 6.07) is 18.6. The Morgan fingerprint density at radius 2 is 1.45 bits per heavy atom. The Kier molecular flexibility index (Phi) is 7.06. The van der Waals surface area contributed by atoms with Gasteiger partial charge in [-0.15, -0.1) is 0 Å². The number of carbonyl (C=O) groups excluding carboxylic acids is 2. The Hall–Kier alpha value is -4.06. The molecule has 0 bridgehead atoms. The van der Waals surface area contributed by atoms with Gasteiger partial charge >= 0.3 is 5.97 Å². The van der Waals surface area contributed by atoms with Crippen LogP contribution in [0, 0.1) is 0 Å². The summed E-state index contributed by atoms with van der Waals surface area (Å²) in [5.74, 6) is 1.23. The summed E-state index contributed by atoms with van der Waals surface area (Å²) in [7, 11) is 4.57. The Bertz CT molecular complexity index is 1120. The molecule has 0 radical (unpaired) electrons. The molecular weight excluding hydrogens is 396 g/mol. The summed E-state index contributed by atoms with van der Waals surface area (Å²) < 4.78 is 21.0. The Labute approximate surface area is 180 Å². The van der Waals surface area contributed by atoms with E-state index in [-0.39, 0.29) is 5.78 Å². The lowest BCUT2D eigenvalue weighted by molar-refractivity contribution is 0.0734. The Morgan fingerprint density at radius 1 is 0.742 bits per heavy atom. The summed E-state index contributed by atoms with van der Waals surface area (Å²) in [4.78, 5) is 25.0. The van der Waals surface area contributed by atoms with Crippen LogP contribution in [0.2, 0.25) is 0 Å². The number of methoxy groups -OCH3 is 3. The molecule has 0 atom stereocenters. The fourth-order valence-electron chi connectivity index (χ4n) is 2.86. The molecule has 0 saturated heterocycles. The lowest BCUT2D eigenvalue weighted by atomic mass is 10.1. The van der Waals surface area contributed by atoms with E-state index < -0.39 is 5.97 Å². The molecule has 0 heterocycles. The zero-order chi connectivity index (χ0) is 22.2. The molecule has 3 rings (SSSR count). The van der Waals surface area contributed by atoms with Crippen molar-refractivity contribution in [3.8, 4) is 23.0 Å². The van der Waals surface area contributed by atoms with E-state index >= 15 is 0 Å². The van der Waals surface area contributed by atoms with Crippen LogP contribution in [0.1, 0.15) is 26.3 Å². The van der Waals surface area contributed by atoms with Gasteiger partial charge in [-0.05, 0) is 54.1 Å². The van der Waals surface area contributed by atoms with Gasteiger partial charge in [-0.1, -0.05) is 24.3 Å². The van der Waals surface area contributed by atoms with Crippen LogP contribution in [-0.4, -0.2) is 33.1 Å². The minimum absolute atomic E-state index is 0.224. The van der Waals surface area contributed by atoms with Gasteiger partial charge in [0.25, 0.3) is 0 Å². The molecule has 3 aromatic rings. The van der Waals surface area contributed by atoms with Gasteiger partial charge in [0.15, 0.2) is 5.78 Å². The molecule has 0 fully saturated rings. The third-order valence-electron chi connectivity index (χ3n) is 4.48. The predicted molar refractivity (Wildman–Crippen MR) is 117 cm³/mol. The molecule has 0 aliphatic carbocycles. The largest absolute Gasteiger partial charge is 0.497 e. The van der Waals surface area contributed by atoms with Crippen molar-refractivity contribution >= 4 is 17.8 Å². The average molecular weight is 418 g/mol. The van der Waals surface area contributed by atoms with Crippen LogP contribution in [-0.2, 0) is 0 Å². The molecule has 0 saturated carbocycles. The van der Waals surface area contributed by atoms with Gasteiger partial charge in [0, 0.05) is 6.07 Å². The fraction of sp³-hybridized carbons (Fsp3) is 0.120. The third kappa shape index (κ3) is 5.51. The van der Waals surface area contributed by atoms with E-state index in [9.17, 15) is 9.59 Å². The van der Waals surface area contributed by atoms with E-state index in [1.807, 2.05) is 0 Å². The van der Waals surface area contributed by atoms with Crippen molar-refractivity contribution < 1.29 is 28.5 Å². The summed E-state index contributed by atoms with van der Waals surface area (Å²) in [5, 5.41) is 0. The van der Waals surface area contributed by atoms with Crippen molar-refractivity contribution in [1.29, 1.82) is 0 Å². The zero-order valence-corrected chi connectivity index (χ0v) is 17.5. The van der Waals surface area contributed by atoms with Gasteiger partial charge in [-0.2, -0.15) is 0 Å². The van der Waals surface area contributed by atoms with Gasteiger partial charge in [0.1, 0.15) is 23.0 Å². The van der Waals surface area contributed by atoms with Gasteiger partial charge in [-0.25, -0.2) is 4.79 Å². The molecule has 0 unspecified atom stereocenters. The second kappa shape index (κ2) is 10.1. The van der Waals surface area contributed by atoms with Crippen LogP contribution < -0.4 is 18.9 Å². The lowest BCUT2D eigenvalue weighted by Gasteiger charge is -2.08.